The number of benzene rings is 1. The van der Waals surface area contributed by atoms with Crippen molar-refractivity contribution >= 4 is 33.5 Å². The molecule has 0 unspecified atom stereocenters. The Morgan fingerprint density at radius 3 is 2.14 bits per heavy atom. The number of likely N-dealkylation sites (N-methyl/N-ethyl adjacent to an activating group) is 1. The number of rotatable bonds is 10. The number of esters is 1. The fourth-order valence-corrected chi connectivity index (χ4v) is 11.6. The molecule has 4 heterocycles. The van der Waals surface area contributed by atoms with Gasteiger partial charge < -0.3 is 68.9 Å². The molecule has 0 spiro atoms. The number of carbonyl (C=O) groups is 2. The van der Waals surface area contributed by atoms with Crippen molar-refractivity contribution in [1.82, 2.24) is 15.0 Å². The largest absolute Gasteiger partial charge is 0.459 e. The van der Waals surface area contributed by atoms with E-state index in [1.54, 1.807) is 48.5 Å². The molecule has 1 amide bonds. The van der Waals surface area contributed by atoms with Gasteiger partial charge in [-0.05, 0) is 132 Å². The molecular formula is C50H85N5O15S. The fraction of sp³-hybridized carbons (Fsp3) is 0.780. The number of aliphatic hydroxyl groups excluding tert-OH is 2. The monoisotopic (exact) mass is 1030 g/mol. The standard InChI is InChI=1S/C37H70N2O11.C13H15N3O4S/c1-14-27-35(7,43)15-16-39(12)20-21(2)18-36(8,44)32(50-34-29(40)26(38(10)11)17-22(3)46-34)23(4)30(24(5)33(42)48-27)49-28-19-37(9,45-13)31(41)25(6)47-28;1-8-9(2)15-20-13(8)16(10(3)17)21(18,19)12-6-4-11(14)5-7-12/h21-32,34,40-41,43-44H,14-20H2,1-13H3;4-7H,14H2,1-3H3/t21-,22-,23+,24-,25+,26+,27-,28+,29-,30+,31+,32-,34+,35+,36-,37-;/m1./s1. The molecule has 3 aliphatic rings. The molecule has 3 saturated heterocycles. The number of anilines is 2. The number of hydrogen-bond donors (Lipinski definition) is 5. The minimum atomic E-state index is -4.08. The molecule has 6 N–H and O–H groups in total. The first-order valence-electron chi connectivity index (χ1n) is 24.7. The zero-order chi connectivity index (χ0) is 53.7. The third-order valence-corrected chi connectivity index (χ3v) is 16.3. The first-order chi connectivity index (χ1) is 32.8. The lowest BCUT2D eigenvalue weighted by Gasteiger charge is -2.48. The number of aliphatic hydroxyl groups is 4. The van der Waals surface area contributed by atoms with Crippen LogP contribution in [0.15, 0.2) is 33.7 Å². The summed E-state index contributed by atoms with van der Waals surface area (Å²) in [6.45, 7) is 22.0. The van der Waals surface area contributed by atoms with Crippen LogP contribution in [0, 0.1) is 31.6 Å². The first kappa shape index (κ1) is 60.2. The maximum Gasteiger partial charge on any atom is 0.311 e. The van der Waals surface area contributed by atoms with Gasteiger partial charge in [0.25, 0.3) is 15.9 Å². The van der Waals surface area contributed by atoms with Crippen LogP contribution in [0.4, 0.5) is 11.6 Å². The predicted molar refractivity (Wildman–Crippen MR) is 265 cm³/mol. The summed E-state index contributed by atoms with van der Waals surface area (Å²) in [6.07, 6.45) is -5.56. The lowest BCUT2D eigenvalue weighted by Crippen LogP contribution is -2.60. The topological polar surface area (TPSA) is 266 Å². The number of ether oxygens (including phenoxy) is 6. The van der Waals surface area contributed by atoms with Crippen molar-refractivity contribution in [2.75, 3.05) is 51.4 Å². The summed E-state index contributed by atoms with van der Waals surface area (Å²) < 4.78 is 68.4. The Balaban J connectivity index is 0.000000432. The van der Waals surface area contributed by atoms with Crippen molar-refractivity contribution in [2.45, 2.75) is 198 Å². The van der Waals surface area contributed by atoms with E-state index < -0.39 is 99.7 Å². The molecule has 406 valence electrons. The molecule has 3 fully saturated rings. The number of hydrogen-bond acceptors (Lipinski definition) is 19. The van der Waals surface area contributed by atoms with E-state index in [0.29, 0.717) is 60.0 Å². The Bertz CT molecular complexity index is 2160. The highest BCUT2D eigenvalue weighted by Gasteiger charge is 2.52. The summed E-state index contributed by atoms with van der Waals surface area (Å²) >= 11 is 0. The molecule has 3 aliphatic heterocycles. The lowest BCUT2D eigenvalue weighted by molar-refractivity contribution is -0.318. The van der Waals surface area contributed by atoms with E-state index in [4.69, 9.17) is 38.7 Å². The molecule has 21 heteroatoms. The second-order valence-electron chi connectivity index (χ2n) is 21.2. The SMILES string of the molecule is CC(=O)N(c1onc(C)c1C)S(=O)(=O)c1ccc(N)cc1.CC[C@H]1OC(=O)[C@H](C)[C@@H](O[C@H]2C[C@@](C)(OC)[C@@H](O)[C@H](C)O2)[C@H](C)[C@@H](O[C@@H]2O[C@H](C)C[C@H](N(C)C)[C@H]2O)[C@](C)(O)C[C@@H](C)CN(C)CC[C@]1(C)O. The Hall–Kier alpha value is -3.32. The number of amides is 1. The molecule has 1 aromatic heterocycles. The highest BCUT2D eigenvalue weighted by atomic mass is 32.2. The number of nitrogens with zero attached hydrogens (tertiary/aromatic N) is 4. The van der Waals surface area contributed by atoms with E-state index in [0.717, 1.165) is 6.92 Å². The minimum absolute atomic E-state index is 0.00269. The number of methoxy groups -OCH3 is 1. The average molecular weight is 1030 g/mol. The number of aromatic nitrogens is 1. The molecule has 16 atom stereocenters. The van der Waals surface area contributed by atoms with Crippen molar-refractivity contribution in [2.24, 2.45) is 17.8 Å². The zero-order valence-corrected chi connectivity index (χ0v) is 45.6. The van der Waals surface area contributed by atoms with Crippen LogP contribution in [0.3, 0.4) is 0 Å². The summed E-state index contributed by atoms with van der Waals surface area (Å²) in [5, 5.41) is 50.0. The summed E-state index contributed by atoms with van der Waals surface area (Å²) in [7, 11) is 3.22. The maximum absolute atomic E-state index is 14.1. The van der Waals surface area contributed by atoms with Gasteiger partial charge in [0.15, 0.2) is 12.6 Å². The number of nitrogens with two attached hydrogens (primary N) is 1. The smallest absolute Gasteiger partial charge is 0.311 e. The summed E-state index contributed by atoms with van der Waals surface area (Å²) in [5.41, 5.74) is 3.23. The van der Waals surface area contributed by atoms with Gasteiger partial charge in [-0.3, -0.25) is 9.59 Å². The van der Waals surface area contributed by atoms with Crippen LogP contribution < -0.4 is 10.0 Å². The number of aryl methyl sites for hydroxylation is 1. The number of sulfonamides is 1. The quantitative estimate of drug-likeness (QED) is 0.165. The molecule has 20 nitrogen and oxygen atoms in total. The van der Waals surface area contributed by atoms with E-state index >= 15 is 0 Å². The van der Waals surface area contributed by atoms with Crippen LogP contribution in [0.2, 0.25) is 0 Å². The third kappa shape index (κ3) is 14.5. The molecule has 5 rings (SSSR count). The van der Waals surface area contributed by atoms with Gasteiger partial charge in [-0.2, -0.15) is 4.31 Å². The van der Waals surface area contributed by atoms with Gasteiger partial charge in [-0.15, -0.1) is 0 Å². The second-order valence-corrected chi connectivity index (χ2v) is 23.0. The molecule has 0 saturated carbocycles. The van der Waals surface area contributed by atoms with Crippen LogP contribution in [0.25, 0.3) is 0 Å². The van der Waals surface area contributed by atoms with Crippen molar-refractivity contribution in [3.05, 3.63) is 35.5 Å². The van der Waals surface area contributed by atoms with Crippen LogP contribution in [0.5, 0.6) is 0 Å². The molecule has 0 radical (unpaired) electrons. The number of carbonyl (C=O) groups excluding carboxylic acids is 2. The lowest BCUT2D eigenvalue weighted by atomic mass is 9.77. The number of cyclic esters (lactones) is 1. The van der Waals surface area contributed by atoms with Crippen molar-refractivity contribution in [1.29, 1.82) is 0 Å². The molecule has 1 aromatic carbocycles. The predicted octanol–water partition coefficient (Wildman–Crippen LogP) is 4.16. The van der Waals surface area contributed by atoms with Crippen LogP contribution in [-0.4, -0.2) is 175 Å². The Morgan fingerprint density at radius 2 is 1.61 bits per heavy atom. The van der Waals surface area contributed by atoms with Gasteiger partial charge in [-0.25, -0.2) is 8.42 Å². The van der Waals surface area contributed by atoms with Gasteiger partial charge in [0.05, 0.1) is 57.7 Å². The first-order valence-corrected chi connectivity index (χ1v) is 26.1. The van der Waals surface area contributed by atoms with E-state index in [9.17, 15) is 38.4 Å². The molecule has 0 bridgehead atoms. The fourth-order valence-electron chi connectivity index (χ4n) is 10.2. The van der Waals surface area contributed by atoms with E-state index in [1.807, 2.05) is 46.8 Å². The van der Waals surface area contributed by atoms with Crippen molar-refractivity contribution in [3.8, 4) is 0 Å². The minimum Gasteiger partial charge on any atom is -0.459 e. The average Bonchev–Trinajstić information content (AvgIpc) is 3.60. The van der Waals surface area contributed by atoms with Crippen LogP contribution >= 0.6 is 0 Å². The molecule has 71 heavy (non-hydrogen) atoms. The van der Waals surface area contributed by atoms with Gasteiger partial charge >= 0.3 is 5.97 Å². The maximum atomic E-state index is 14.1. The molecular weight excluding hydrogens is 943 g/mol. The second kappa shape index (κ2) is 24.4. The Morgan fingerprint density at radius 1 is 0.986 bits per heavy atom. The Labute approximate surface area is 421 Å². The van der Waals surface area contributed by atoms with Crippen LogP contribution in [0.1, 0.15) is 113 Å². The third-order valence-electron chi connectivity index (χ3n) is 14.5. The summed E-state index contributed by atoms with van der Waals surface area (Å²) in [5.74, 6) is -2.96. The highest BCUT2D eigenvalue weighted by Crippen LogP contribution is 2.40. The van der Waals surface area contributed by atoms with Crippen LogP contribution in [-0.2, 0) is 48.0 Å². The van der Waals surface area contributed by atoms with E-state index in [1.165, 1.54) is 31.4 Å². The van der Waals surface area contributed by atoms with E-state index in [2.05, 4.69) is 17.0 Å². The van der Waals surface area contributed by atoms with Gasteiger partial charge in [0.1, 0.15) is 18.3 Å². The summed E-state index contributed by atoms with van der Waals surface area (Å²) in [4.78, 5) is 29.9. The number of nitrogen functional groups attached to an aromatic ring is 1. The molecule has 2 aromatic rings. The zero-order valence-electron chi connectivity index (χ0n) is 44.8. The van der Waals surface area contributed by atoms with Crippen molar-refractivity contribution in [3.63, 3.8) is 0 Å². The van der Waals surface area contributed by atoms with E-state index in [-0.39, 0.29) is 35.3 Å². The highest BCUT2D eigenvalue weighted by molar-refractivity contribution is 7.93. The Kier molecular flexibility index (Phi) is 20.7. The van der Waals surface area contributed by atoms with Crippen molar-refractivity contribution < 1.29 is 71.4 Å². The molecule has 0 aliphatic carbocycles. The normalized spacial score (nSPS) is 37.3. The van der Waals surface area contributed by atoms with Gasteiger partial charge in [-0.1, -0.05) is 25.9 Å². The van der Waals surface area contributed by atoms with Gasteiger partial charge in [0.2, 0.25) is 5.91 Å². The summed E-state index contributed by atoms with van der Waals surface area (Å²) in [6, 6.07) is 5.32. The van der Waals surface area contributed by atoms with Gasteiger partial charge in [0, 0.05) is 56.8 Å².